The Bertz CT molecular complexity index is 825. The fourth-order valence-corrected chi connectivity index (χ4v) is 2.80. The number of H-pyrrole nitrogens is 1. The predicted octanol–water partition coefficient (Wildman–Crippen LogP) is 5.64. The van der Waals surface area contributed by atoms with Crippen molar-refractivity contribution in [1.29, 1.82) is 0 Å². The Morgan fingerprint density at radius 3 is 2.48 bits per heavy atom. The summed E-state index contributed by atoms with van der Waals surface area (Å²) in [6.07, 6.45) is 2.38. The van der Waals surface area contributed by atoms with Crippen molar-refractivity contribution in [2.24, 2.45) is 0 Å². The number of aromatic amines is 1. The molecule has 4 heteroatoms. The second-order valence-electron chi connectivity index (χ2n) is 5.97. The van der Waals surface area contributed by atoms with Gasteiger partial charge < -0.3 is 10.3 Å². The number of anilines is 1. The van der Waals surface area contributed by atoms with Crippen LogP contribution in [0.15, 0.2) is 48.7 Å². The first-order valence-corrected chi connectivity index (χ1v) is 8.69. The van der Waals surface area contributed by atoms with Crippen LogP contribution in [0.4, 0.5) is 10.1 Å². The standard InChI is InChI=1S/C11H12FN.C8H7NO.C2H6/c1-7(2)10-5-8(12)6-11-9(10)3-4-13-11;10-8-5-6-3-1-2-4-7(6)9-8;1-2/h3-7,13H,1-2H3;1-4H,5H2,(H,9,10);1-2H3. The van der Waals surface area contributed by atoms with Gasteiger partial charge in [0, 0.05) is 22.8 Å². The number of benzene rings is 2. The molecule has 1 amide bonds. The highest BCUT2D eigenvalue weighted by atomic mass is 19.1. The van der Waals surface area contributed by atoms with Crippen LogP contribution in [0.5, 0.6) is 0 Å². The van der Waals surface area contributed by atoms with Gasteiger partial charge in [-0.1, -0.05) is 45.9 Å². The number of hydrogen-bond acceptors (Lipinski definition) is 1. The zero-order valence-electron chi connectivity index (χ0n) is 15.2. The largest absolute Gasteiger partial charge is 0.361 e. The Balaban J connectivity index is 0.000000168. The van der Waals surface area contributed by atoms with Gasteiger partial charge in [-0.3, -0.25) is 4.79 Å². The maximum Gasteiger partial charge on any atom is 0.228 e. The van der Waals surface area contributed by atoms with Crippen LogP contribution in [-0.2, 0) is 11.2 Å². The summed E-state index contributed by atoms with van der Waals surface area (Å²) in [5, 5.41) is 3.88. The van der Waals surface area contributed by atoms with E-state index in [0.29, 0.717) is 12.3 Å². The molecule has 0 saturated heterocycles. The fourth-order valence-electron chi connectivity index (χ4n) is 2.80. The lowest BCUT2D eigenvalue weighted by molar-refractivity contribution is -0.115. The quantitative estimate of drug-likeness (QED) is 0.592. The van der Waals surface area contributed by atoms with Crippen LogP contribution >= 0.6 is 0 Å². The number of fused-ring (bicyclic) bond motifs is 2. The van der Waals surface area contributed by atoms with E-state index in [4.69, 9.17) is 0 Å². The number of carbonyl (C=O) groups excluding carboxylic acids is 1. The van der Waals surface area contributed by atoms with E-state index in [9.17, 15) is 9.18 Å². The number of hydrogen-bond donors (Lipinski definition) is 2. The molecule has 4 rings (SSSR count). The molecule has 1 aliphatic rings. The summed E-state index contributed by atoms with van der Waals surface area (Å²) < 4.78 is 13.1. The molecule has 1 aromatic heterocycles. The van der Waals surface area contributed by atoms with Gasteiger partial charge in [-0.25, -0.2) is 4.39 Å². The average Bonchev–Trinajstić information content (AvgIpc) is 3.21. The SMILES string of the molecule is CC.CC(C)c1cc(F)cc2[nH]ccc12.O=C1Cc2ccccc2N1. The lowest BCUT2D eigenvalue weighted by Gasteiger charge is -2.06. The Hall–Kier alpha value is -2.62. The maximum atomic E-state index is 13.1. The Morgan fingerprint density at radius 1 is 1.08 bits per heavy atom. The number of aromatic nitrogens is 1. The summed E-state index contributed by atoms with van der Waals surface area (Å²) in [5.41, 5.74) is 4.01. The summed E-state index contributed by atoms with van der Waals surface area (Å²) in [7, 11) is 0. The zero-order chi connectivity index (χ0) is 18.4. The van der Waals surface area contributed by atoms with Crippen molar-refractivity contribution in [3.63, 3.8) is 0 Å². The third-order valence-electron chi connectivity index (χ3n) is 3.93. The van der Waals surface area contributed by atoms with Gasteiger partial charge in [0.25, 0.3) is 0 Å². The van der Waals surface area contributed by atoms with Gasteiger partial charge >= 0.3 is 0 Å². The molecule has 2 N–H and O–H groups in total. The van der Waals surface area contributed by atoms with Gasteiger partial charge in [0.2, 0.25) is 5.91 Å². The zero-order valence-corrected chi connectivity index (χ0v) is 15.2. The summed E-state index contributed by atoms with van der Waals surface area (Å²) in [4.78, 5) is 13.8. The second-order valence-corrected chi connectivity index (χ2v) is 5.97. The van der Waals surface area contributed by atoms with E-state index in [1.165, 1.54) is 6.07 Å². The van der Waals surface area contributed by atoms with Gasteiger partial charge in [0.1, 0.15) is 5.82 Å². The molecule has 0 aliphatic carbocycles. The molecule has 0 saturated carbocycles. The molecule has 0 bridgehead atoms. The summed E-state index contributed by atoms with van der Waals surface area (Å²) in [6, 6.07) is 12.9. The number of rotatable bonds is 1. The van der Waals surface area contributed by atoms with Crippen molar-refractivity contribution in [3.8, 4) is 0 Å². The van der Waals surface area contributed by atoms with E-state index in [1.54, 1.807) is 6.07 Å². The summed E-state index contributed by atoms with van der Waals surface area (Å²) in [5.74, 6) is 0.286. The van der Waals surface area contributed by atoms with Crippen molar-refractivity contribution in [1.82, 2.24) is 4.98 Å². The summed E-state index contributed by atoms with van der Waals surface area (Å²) in [6.45, 7) is 8.14. The minimum Gasteiger partial charge on any atom is -0.361 e. The third-order valence-corrected chi connectivity index (χ3v) is 3.93. The molecule has 132 valence electrons. The minimum atomic E-state index is -0.168. The molecule has 0 fully saturated rings. The van der Waals surface area contributed by atoms with Crippen LogP contribution in [0, 0.1) is 5.82 Å². The van der Waals surface area contributed by atoms with Crippen molar-refractivity contribution in [2.75, 3.05) is 5.32 Å². The highest BCUT2D eigenvalue weighted by Gasteiger charge is 2.15. The molecule has 0 atom stereocenters. The third kappa shape index (κ3) is 4.47. The van der Waals surface area contributed by atoms with E-state index < -0.39 is 0 Å². The first kappa shape index (κ1) is 18.7. The second kappa shape index (κ2) is 8.47. The number of nitrogens with one attached hydrogen (secondary N) is 2. The monoisotopic (exact) mass is 340 g/mol. The molecule has 3 nitrogen and oxygen atoms in total. The molecule has 0 radical (unpaired) electrons. The van der Waals surface area contributed by atoms with E-state index >= 15 is 0 Å². The van der Waals surface area contributed by atoms with Gasteiger partial charge in [-0.15, -0.1) is 0 Å². The molecule has 0 spiro atoms. The number of amides is 1. The smallest absolute Gasteiger partial charge is 0.228 e. The van der Waals surface area contributed by atoms with Crippen LogP contribution in [0.25, 0.3) is 10.9 Å². The fraction of sp³-hybridized carbons (Fsp3) is 0.286. The molecule has 2 aromatic carbocycles. The molecule has 1 aliphatic heterocycles. The lowest BCUT2D eigenvalue weighted by atomic mass is 9.99. The lowest BCUT2D eigenvalue weighted by Crippen LogP contribution is -2.03. The Kier molecular flexibility index (Phi) is 6.34. The van der Waals surface area contributed by atoms with E-state index in [1.807, 2.05) is 50.4 Å². The van der Waals surface area contributed by atoms with Crippen molar-refractivity contribution >= 4 is 22.5 Å². The highest BCUT2D eigenvalue weighted by Crippen LogP contribution is 2.25. The van der Waals surface area contributed by atoms with Crippen LogP contribution in [0.3, 0.4) is 0 Å². The highest BCUT2D eigenvalue weighted by molar-refractivity contribution is 5.98. The molecule has 0 unspecified atom stereocenters. The van der Waals surface area contributed by atoms with Crippen LogP contribution < -0.4 is 5.32 Å². The average molecular weight is 340 g/mol. The van der Waals surface area contributed by atoms with Crippen molar-refractivity contribution < 1.29 is 9.18 Å². The minimum absolute atomic E-state index is 0.0983. The van der Waals surface area contributed by atoms with Gasteiger partial charge in [-0.2, -0.15) is 0 Å². The van der Waals surface area contributed by atoms with Crippen LogP contribution in [0.1, 0.15) is 44.7 Å². The Morgan fingerprint density at radius 2 is 1.80 bits per heavy atom. The maximum absolute atomic E-state index is 13.1. The topological polar surface area (TPSA) is 44.9 Å². The molecule has 3 aromatic rings. The number of para-hydroxylation sites is 1. The molecular weight excluding hydrogens is 315 g/mol. The predicted molar refractivity (Wildman–Crippen MR) is 102 cm³/mol. The summed E-state index contributed by atoms with van der Waals surface area (Å²) >= 11 is 0. The molecular formula is C21H25FN2O. The number of halogens is 1. The number of carbonyl (C=O) groups is 1. The van der Waals surface area contributed by atoms with Gasteiger partial charge in [0.05, 0.1) is 6.42 Å². The van der Waals surface area contributed by atoms with Crippen LogP contribution in [-0.4, -0.2) is 10.9 Å². The van der Waals surface area contributed by atoms with Crippen molar-refractivity contribution in [2.45, 2.75) is 40.0 Å². The van der Waals surface area contributed by atoms with Crippen molar-refractivity contribution in [3.05, 3.63) is 65.6 Å². The van der Waals surface area contributed by atoms with Crippen LogP contribution in [0.2, 0.25) is 0 Å². The van der Waals surface area contributed by atoms with Gasteiger partial charge in [0.15, 0.2) is 0 Å². The Labute approximate surface area is 148 Å². The molecule has 2 heterocycles. The normalized spacial score (nSPS) is 12.0. The molecule has 25 heavy (non-hydrogen) atoms. The van der Waals surface area contributed by atoms with E-state index in [2.05, 4.69) is 24.1 Å². The first-order valence-electron chi connectivity index (χ1n) is 8.69. The van der Waals surface area contributed by atoms with E-state index in [-0.39, 0.29) is 11.7 Å². The van der Waals surface area contributed by atoms with Gasteiger partial charge in [-0.05, 0) is 41.3 Å². The van der Waals surface area contributed by atoms with E-state index in [0.717, 1.165) is 27.7 Å². The first-order chi connectivity index (χ1) is 12.0.